The maximum Gasteiger partial charge on any atom is 0.147 e. The van der Waals surface area contributed by atoms with Crippen molar-refractivity contribution in [1.82, 2.24) is 15.2 Å². The summed E-state index contributed by atoms with van der Waals surface area (Å²) in [6, 6.07) is 5.72. The lowest BCUT2D eigenvalue weighted by Crippen LogP contribution is -2.64. The third-order valence-corrected chi connectivity index (χ3v) is 6.26. The summed E-state index contributed by atoms with van der Waals surface area (Å²) in [5.41, 5.74) is 2.26. The van der Waals surface area contributed by atoms with Crippen molar-refractivity contribution in [2.24, 2.45) is 10.8 Å². The van der Waals surface area contributed by atoms with Gasteiger partial charge in [-0.1, -0.05) is 0 Å². The Balaban J connectivity index is 1.27. The van der Waals surface area contributed by atoms with Gasteiger partial charge in [0.05, 0.1) is 29.9 Å². The summed E-state index contributed by atoms with van der Waals surface area (Å²) < 4.78 is 28.5. The molecule has 128 valence electrons. The molecule has 0 atom stereocenters. The molecule has 3 saturated carbocycles. The molecule has 2 aromatic heterocycles. The molecular formula is C17H21N3O3S. The molecule has 0 radical (unpaired) electrons. The third kappa shape index (κ3) is 2.92. The normalized spacial score (nSPS) is 28.0. The average Bonchev–Trinajstić information content (AvgIpc) is 2.97. The van der Waals surface area contributed by atoms with Gasteiger partial charge in [0.15, 0.2) is 0 Å². The smallest absolute Gasteiger partial charge is 0.147 e. The maximum absolute atomic E-state index is 11.3. The Morgan fingerprint density at radius 2 is 2.00 bits per heavy atom. The molecule has 0 unspecified atom stereocenters. The minimum absolute atomic E-state index is 0.263. The van der Waals surface area contributed by atoms with Crippen LogP contribution in [0.15, 0.2) is 30.6 Å². The molecule has 5 rings (SSSR count). The van der Waals surface area contributed by atoms with Crippen molar-refractivity contribution in [3.8, 4) is 17.1 Å². The lowest BCUT2D eigenvalue weighted by Gasteiger charge is -2.70. The number of hydrogen-bond donors (Lipinski definition) is 1. The molecule has 7 heteroatoms. The van der Waals surface area contributed by atoms with Gasteiger partial charge in [0.25, 0.3) is 0 Å². The van der Waals surface area contributed by atoms with Gasteiger partial charge in [-0.05, 0) is 49.3 Å². The molecule has 2 heterocycles. The van der Waals surface area contributed by atoms with E-state index in [4.69, 9.17) is 4.74 Å². The summed E-state index contributed by atoms with van der Waals surface area (Å²) in [7, 11) is -2.85. The summed E-state index contributed by atoms with van der Waals surface area (Å²) in [5, 5.41) is 6.80. The zero-order chi connectivity index (χ0) is 16.8. The number of rotatable bonds is 7. The Bertz CT molecular complexity index is 809. The van der Waals surface area contributed by atoms with Gasteiger partial charge in [-0.25, -0.2) is 8.42 Å². The van der Waals surface area contributed by atoms with Crippen LogP contribution < -0.4 is 4.74 Å². The van der Waals surface area contributed by atoms with Gasteiger partial charge in [0.2, 0.25) is 0 Å². The van der Waals surface area contributed by atoms with Crippen molar-refractivity contribution in [3.05, 3.63) is 30.6 Å². The van der Waals surface area contributed by atoms with Gasteiger partial charge in [0, 0.05) is 17.9 Å². The number of hydrogen-bond acceptors (Lipinski definition) is 5. The van der Waals surface area contributed by atoms with Crippen LogP contribution in [-0.2, 0) is 9.84 Å². The zero-order valence-electron chi connectivity index (χ0n) is 13.7. The Hall–Kier alpha value is -1.89. The summed E-state index contributed by atoms with van der Waals surface area (Å²) in [6.07, 6.45) is 8.83. The minimum atomic E-state index is -2.85. The van der Waals surface area contributed by atoms with E-state index in [0.717, 1.165) is 42.8 Å². The van der Waals surface area contributed by atoms with Crippen molar-refractivity contribution in [1.29, 1.82) is 0 Å². The van der Waals surface area contributed by atoms with Crippen LogP contribution in [0.4, 0.5) is 0 Å². The van der Waals surface area contributed by atoms with Gasteiger partial charge in [-0.3, -0.25) is 10.1 Å². The number of H-pyrrole nitrogens is 1. The Morgan fingerprint density at radius 3 is 2.58 bits per heavy atom. The van der Waals surface area contributed by atoms with E-state index >= 15 is 0 Å². The monoisotopic (exact) mass is 347 g/mol. The fraction of sp³-hybridized carbons (Fsp3) is 0.529. The first-order valence-corrected chi connectivity index (χ1v) is 10.2. The van der Waals surface area contributed by atoms with Gasteiger partial charge in [0.1, 0.15) is 15.6 Å². The van der Waals surface area contributed by atoms with Crippen LogP contribution >= 0.6 is 0 Å². The van der Waals surface area contributed by atoms with Gasteiger partial charge in [-0.2, -0.15) is 5.10 Å². The van der Waals surface area contributed by atoms with Crippen LogP contribution in [0.2, 0.25) is 0 Å². The summed E-state index contributed by atoms with van der Waals surface area (Å²) in [5.74, 6) is 1.08. The number of pyridine rings is 1. The molecule has 3 aliphatic carbocycles. The number of aromatic amines is 1. The molecule has 3 fully saturated rings. The van der Waals surface area contributed by atoms with Gasteiger partial charge < -0.3 is 4.74 Å². The second-order valence-electron chi connectivity index (χ2n) is 7.55. The van der Waals surface area contributed by atoms with Gasteiger partial charge in [-0.15, -0.1) is 0 Å². The molecular weight excluding hydrogens is 326 g/mol. The first-order valence-electron chi connectivity index (χ1n) is 8.14. The maximum atomic E-state index is 11.3. The van der Waals surface area contributed by atoms with Crippen LogP contribution in [0.25, 0.3) is 11.4 Å². The van der Waals surface area contributed by atoms with Gasteiger partial charge >= 0.3 is 0 Å². The molecule has 3 aliphatic rings. The van der Waals surface area contributed by atoms with E-state index in [-0.39, 0.29) is 10.8 Å². The summed E-state index contributed by atoms with van der Waals surface area (Å²) in [4.78, 5) is 4.39. The molecule has 0 aromatic carbocycles. The van der Waals surface area contributed by atoms with E-state index < -0.39 is 9.84 Å². The average molecular weight is 347 g/mol. The highest BCUT2D eigenvalue weighted by molar-refractivity contribution is 7.90. The molecule has 0 aliphatic heterocycles. The van der Waals surface area contributed by atoms with Crippen molar-refractivity contribution >= 4 is 9.84 Å². The lowest BCUT2D eigenvalue weighted by molar-refractivity contribution is -0.219. The second-order valence-corrected chi connectivity index (χ2v) is 9.81. The largest absolute Gasteiger partial charge is 0.491 e. The van der Waals surface area contributed by atoms with Crippen LogP contribution in [0.1, 0.15) is 25.7 Å². The SMILES string of the molecule is CS(=O)(=O)CCC12CC(COc3ccc(-c4ccn[nH]4)nc3)(C1)C2. The number of nitrogens with zero attached hydrogens (tertiary/aromatic N) is 2. The van der Waals surface area contributed by atoms with Crippen molar-refractivity contribution in [2.75, 3.05) is 18.6 Å². The van der Waals surface area contributed by atoms with E-state index in [2.05, 4.69) is 15.2 Å². The summed E-state index contributed by atoms with van der Waals surface area (Å²) >= 11 is 0. The quantitative estimate of drug-likeness (QED) is 0.831. The molecule has 1 N–H and O–H groups in total. The van der Waals surface area contributed by atoms with Crippen molar-refractivity contribution in [2.45, 2.75) is 25.7 Å². The number of ether oxygens (including phenoxy) is 1. The second kappa shape index (κ2) is 5.31. The number of nitrogens with one attached hydrogen (secondary N) is 1. The molecule has 6 nitrogen and oxygen atoms in total. The van der Waals surface area contributed by atoms with Crippen LogP contribution in [0, 0.1) is 10.8 Å². The fourth-order valence-corrected chi connectivity index (χ4v) is 5.12. The number of sulfone groups is 1. The van der Waals surface area contributed by atoms with E-state index in [9.17, 15) is 8.42 Å². The van der Waals surface area contributed by atoms with E-state index in [1.165, 1.54) is 6.26 Å². The first kappa shape index (κ1) is 15.6. The number of aromatic nitrogens is 3. The molecule has 2 bridgehead atoms. The Labute approximate surface area is 141 Å². The first-order chi connectivity index (χ1) is 11.4. The van der Waals surface area contributed by atoms with E-state index in [0.29, 0.717) is 12.4 Å². The van der Waals surface area contributed by atoms with Crippen molar-refractivity contribution in [3.63, 3.8) is 0 Å². The fourth-order valence-electron chi connectivity index (χ4n) is 4.31. The van der Waals surface area contributed by atoms with Crippen LogP contribution in [0.3, 0.4) is 0 Å². The van der Waals surface area contributed by atoms with E-state index in [1.54, 1.807) is 12.4 Å². The van der Waals surface area contributed by atoms with Crippen LogP contribution in [0.5, 0.6) is 5.75 Å². The molecule has 2 aromatic rings. The summed E-state index contributed by atoms with van der Waals surface area (Å²) in [6.45, 7) is 0.693. The standard InChI is InChI=1S/C17H21N3O3S/c1-24(21,22)7-5-16-9-17(10-16,11-16)12-23-13-2-3-14(18-8-13)15-4-6-19-20-15/h2-4,6,8H,5,7,9-12H2,1H3,(H,19,20). The van der Waals surface area contributed by atoms with Crippen molar-refractivity contribution < 1.29 is 13.2 Å². The predicted octanol–water partition coefficient (Wildman–Crippen LogP) is 2.46. The molecule has 0 amide bonds. The molecule has 0 spiro atoms. The predicted molar refractivity (Wildman–Crippen MR) is 90.4 cm³/mol. The van der Waals surface area contributed by atoms with E-state index in [1.807, 2.05) is 18.2 Å². The van der Waals surface area contributed by atoms with Crippen LogP contribution in [-0.4, -0.2) is 42.2 Å². The highest BCUT2D eigenvalue weighted by atomic mass is 32.2. The molecule has 24 heavy (non-hydrogen) atoms. The minimum Gasteiger partial charge on any atom is -0.491 e. The Kier molecular flexibility index (Phi) is 3.46. The lowest BCUT2D eigenvalue weighted by atomic mass is 9.35. The third-order valence-electron chi connectivity index (χ3n) is 5.31. The zero-order valence-corrected chi connectivity index (χ0v) is 14.5. The topological polar surface area (TPSA) is 84.9 Å². The highest BCUT2D eigenvalue weighted by Gasteiger charge is 2.67. The Morgan fingerprint density at radius 1 is 1.21 bits per heavy atom. The highest BCUT2D eigenvalue weighted by Crippen LogP contribution is 2.74. The molecule has 0 saturated heterocycles.